The Balaban J connectivity index is 3.33. The van der Waals surface area contributed by atoms with Crippen LogP contribution < -0.4 is 0 Å². The van der Waals surface area contributed by atoms with Gasteiger partial charge in [0.1, 0.15) is 0 Å². The number of nitro benzene ring substituents is 1. The van der Waals surface area contributed by atoms with Crippen LogP contribution in [0.25, 0.3) is 0 Å². The van der Waals surface area contributed by atoms with E-state index in [4.69, 9.17) is 0 Å². The fourth-order valence-corrected chi connectivity index (χ4v) is 0.844. The van der Waals surface area contributed by atoms with E-state index in [1.807, 2.05) is 0 Å². The summed E-state index contributed by atoms with van der Waals surface area (Å²) in [6.45, 7) is 5.18. The van der Waals surface area contributed by atoms with E-state index in [2.05, 4.69) is 6.92 Å². The van der Waals surface area contributed by atoms with Crippen LogP contribution in [-0.2, 0) is 0 Å². The first-order valence-corrected chi connectivity index (χ1v) is 3.29. The fraction of sp³-hybridized carbons (Fsp3) is 0.125. The molecular weight excluding hydrogens is 161 g/mol. The van der Waals surface area contributed by atoms with E-state index in [0.29, 0.717) is 11.1 Å². The van der Waals surface area contributed by atoms with Gasteiger partial charge < -0.3 is 0 Å². The molecule has 0 aliphatic rings. The van der Waals surface area contributed by atoms with Gasteiger partial charge in [0.05, 0.1) is 4.92 Å². The van der Waals surface area contributed by atoms with Crippen LogP contribution in [-0.4, -0.2) is 4.92 Å². The van der Waals surface area contributed by atoms with E-state index in [0.717, 1.165) is 12.1 Å². The lowest BCUT2D eigenvalue weighted by Crippen LogP contribution is -1.94. The lowest BCUT2D eigenvalue weighted by molar-refractivity contribution is -0.387. The maximum absolute atomic E-state index is 12.8. The molecule has 0 saturated heterocycles. The molecular formula is C8H7FNO2. The fourth-order valence-electron chi connectivity index (χ4n) is 0.844. The predicted octanol–water partition coefficient (Wildman–Crippen LogP) is 2.22. The Labute approximate surface area is 69.0 Å². The molecule has 4 heteroatoms. The number of aryl methyl sites for hydroxylation is 1. The van der Waals surface area contributed by atoms with E-state index in [1.54, 1.807) is 6.92 Å². The highest BCUT2D eigenvalue weighted by atomic mass is 19.1. The molecule has 1 aromatic carbocycles. The van der Waals surface area contributed by atoms with Crippen molar-refractivity contribution in [1.29, 1.82) is 0 Å². The molecule has 0 amide bonds. The number of hydrogen-bond acceptors (Lipinski definition) is 2. The van der Waals surface area contributed by atoms with E-state index in [1.165, 1.54) is 0 Å². The number of hydrogen-bond donors (Lipinski definition) is 0. The minimum absolute atomic E-state index is 0.475. The van der Waals surface area contributed by atoms with Gasteiger partial charge in [-0.25, -0.2) is 0 Å². The third-order valence-corrected chi connectivity index (χ3v) is 1.60. The first kappa shape index (κ1) is 8.64. The SMILES string of the molecule is [CH2]c1cc([N+](=O)[O-])c(F)cc1C. The highest BCUT2D eigenvalue weighted by Crippen LogP contribution is 2.20. The number of halogens is 1. The maximum Gasteiger partial charge on any atom is 0.305 e. The van der Waals surface area contributed by atoms with Gasteiger partial charge in [-0.2, -0.15) is 4.39 Å². The molecule has 12 heavy (non-hydrogen) atoms. The minimum atomic E-state index is -0.815. The molecule has 0 N–H and O–H groups in total. The highest BCUT2D eigenvalue weighted by Gasteiger charge is 2.14. The second-order valence-corrected chi connectivity index (χ2v) is 2.49. The third kappa shape index (κ3) is 1.42. The lowest BCUT2D eigenvalue weighted by Gasteiger charge is -1.99. The average Bonchev–Trinajstić information content (AvgIpc) is 1.96. The maximum atomic E-state index is 12.8. The van der Waals surface area contributed by atoms with Crippen LogP contribution in [0.4, 0.5) is 10.1 Å². The average molecular weight is 168 g/mol. The summed E-state index contributed by atoms with van der Waals surface area (Å²) in [5.74, 6) is -0.815. The van der Waals surface area contributed by atoms with Crippen molar-refractivity contribution in [2.24, 2.45) is 0 Å². The zero-order valence-corrected chi connectivity index (χ0v) is 6.50. The monoisotopic (exact) mass is 168 g/mol. The molecule has 1 aromatic rings. The number of benzene rings is 1. The summed E-state index contributed by atoms with van der Waals surface area (Å²) in [4.78, 5) is 9.46. The van der Waals surface area contributed by atoms with Gasteiger partial charge in [0.15, 0.2) is 0 Å². The first-order valence-electron chi connectivity index (χ1n) is 3.29. The van der Waals surface area contributed by atoms with Crippen molar-refractivity contribution in [2.75, 3.05) is 0 Å². The molecule has 0 heterocycles. The van der Waals surface area contributed by atoms with Gasteiger partial charge in [-0.1, -0.05) is 0 Å². The quantitative estimate of drug-likeness (QED) is 0.476. The molecule has 0 aromatic heterocycles. The predicted molar refractivity (Wildman–Crippen MR) is 42.3 cm³/mol. The van der Waals surface area contributed by atoms with Gasteiger partial charge in [0.25, 0.3) is 0 Å². The largest absolute Gasteiger partial charge is 0.305 e. The summed E-state index contributed by atoms with van der Waals surface area (Å²) in [5, 5.41) is 10.2. The summed E-state index contributed by atoms with van der Waals surface area (Å²) < 4.78 is 12.8. The van der Waals surface area contributed by atoms with Crippen LogP contribution in [0.2, 0.25) is 0 Å². The van der Waals surface area contributed by atoms with Crippen LogP contribution in [0, 0.1) is 29.8 Å². The molecule has 63 valence electrons. The van der Waals surface area contributed by atoms with Crippen molar-refractivity contribution in [3.8, 4) is 0 Å². The van der Waals surface area contributed by atoms with E-state index < -0.39 is 16.4 Å². The molecule has 0 saturated carbocycles. The van der Waals surface area contributed by atoms with Gasteiger partial charge in [-0.15, -0.1) is 0 Å². The van der Waals surface area contributed by atoms with Crippen molar-refractivity contribution in [2.45, 2.75) is 6.92 Å². The lowest BCUT2D eigenvalue weighted by atomic mass is 10.1. The summed E-state index contributed by atoms with van der Waals surface area (Å²) >= 11 is 0. The minimum Gasteiger partial charge on any atom is -0.258 e. The molecule has 3 nitrogen and oxygen atoms in total. The van der Waals surface area contributed by atoms with Crippen molar-refractivity contribution in [1.82, 2.24) is 0 Å². The zero-order valence-electron chi connectivity index (χ0n) is 6.50. The Bertz CT molecular complexity index is 336. The normalized spacial score (nSPS) is 9.92. The van der Waals surface area contributed by atoms with Crippen LogP contribution >= 0.6 is 0 Å². The summed E-state index contributed by atoms with van der Waals surface area (Å²) in [5.41, 5.74) is 0.562. The smallest absolute Gasteiger partial charge is 0.258 e. The van der Waals surface area contributed by atoms with Gasteiger partial charge in [0.2, 0.25) is 5.82 Å². The van der Waals surface area contributed by atoms with Crippen LogP contribution in [0.15, 0.2) is 12.1 Å². The van der Waals surface area contributed by atoms with Crippen molar-refractivity contribution >= 4 is 5.69 Å². The Hall–Kier alpha value is -1.45. The summed E-state index contributed by atoms with van der Waals surface area (Å²) in [7, 11) is 0. The highest BCUT2D eigenvalue weighted by molar-refractivity contribution is 5.42. The van der Waals surface area contributed by atoms with Gasteiger partial charge >= 0.3 is 5.69 Å². The van der Waals surface area contributed by atoms with Gasteiger partial charge in [0, 0.05) is 6.07 Å². The van der Waals surface area contributed by atoms with Gasteiger partial charge in [-0.3, -0.25) is 10.1 Å². The molecule has 0 unspecified atom stereocenters. The van der Waals surface area contributed by atoms with Crippen LogP contribution in [0.5, 0.6) is 0 Å². The Morgan fingerprint density at radius 3 is 2.67 bits per heavy atom. The molecule has 0 bridgehead atoms. The van der Waals surface area contributed by atoms with Crippen molar-refractivity contribution < 1.29 is 9.31 Å². The zero-order chi connectivity index (χ0) is 9.30. The molecule has 1 rings (SSSR count). The van der Waals surface area contributed by atoms with Crippen molar-refractivity contribution in [3.63, 3.8) is 0 Å². The number of nitro groups is 1. The standard InChI is InChI=1S/C8H7FNO2/c1-5-3-7(9)8(10(11)12)4-6(5)2/h3-4H,2H2,1H3. The van der Waals surface area contributed by atoms with Gasteiger partial charge in [-0.05, 0) is 31.0 Å². The van der Waals surface area contributed by atoms with Crippen LogP contribution in [0.3, 0.4) is 0 Å². The number of nitrogens with zero attached hydrogens (tertiary/aromatic N) is 1. The molecule has 0 atom stereocenters. The van der Waals surface area contributed by atoms with Crippen molar-refractivity contribution in [3.05, 3.63) is 46.1 Å². The Morgan fingerprint density at radius 2 is 2.17 bits per heavy atom. The molecule has 1 radical (unpaired) electrons. The van der Waals surface area contributed by atoms with Crippen LogP contribution in [0.1, 0.15) is 11.1 Å². The topological polar surface area (TPSA) is 43.1 Å². The molecule has 0 fully saturated rings. The second-order valence-electron chi connectivity index (χ2n) is 2.49. The van der Waals surface area contributed by atoms with E-state index in [9.17, 15) is 14.5 Å². The second kappa shape index (κ2) is 2.89. The molecule has 0 spiro atoms. The summed E-state index contributed by atoms with van der Waals surface area (Å²) in [6.07, 6.45) is 0. The third-order valence-electron chi connectivity index (χ3n) is 1.60. The van der Waals surface area contributed by atoms with E-state index >= 15 is 0 Å². The molecule has 0 aliphatic heterocycles. The first-order chi connectivity index (χ1) is 5.52. The molecule has 0 aliphatic carbocycles. The Kier molecular flexibility index (Phi) is 2.08. The summed E-state index contributed by atoms with van der Waals surface area (Å²) in [6, 6.07) is 2.24. The van der Waals surface area contributed by atoms with E-state index in [-0.39, 0.29) is 0 Å². The Morgan fingerprint density at radius 1 is 1.58 bits per heavy atom. The number of rotatable bonds is 1.